The number of nitrogens with zero attached hydrogens (tertiary/aromatic N) is 1. The predicted molar refractivity (Wildman–Crippen MR) is 110 cm³/mol. The molecule has 2 aliphatic heterocycles. The van der Waals surface area contributed by atoms with Gasteiger partial charge in [0.05, 0.1) is 5.54 Å². The van der Waals surface area contributed by atoms with E-state index >= 15 is 0 Å². The average Bonchev–Trinajstić information content (AvgIpc) is 3.15. The highest BCUT2D eigenvalue weighted by atomic mass is 28.3. The summed E-state index contributed by atoms with van der Waals surface area (Å²) in [7, 11) is -1.61. The molecule has 2 saturated heterocycles. The van der Waals surface area contributed by atoms with Crippen LogP contribution >= 0.6 is 0 Å². The lowest BCUT2D eigenvalue weighted by atomic mass is 9.80. The van der Waals surface area contributed by atoms with Crippen molar-refractivity contribution in [3.63, 3.8) is 0 Å². The van der Waals surface area contributed by atoms with Gasteiger partial charge in [-0.15, -0.1) is 0 Å². The van der Waals surface area contributed by atoms with Gasteiger partial charge in [-0.1, -0.05) is 91.6 Å². The largest absolute Gasteiger partial charge is 0.290 e. The maximum absolute atomic E-state index is 2.76. The van der Waals surface area contributed by atoms with E-state index in [0.29, 0.717) is 5.92 Å². The van der Waals surface area contributed by atoms with Crippen LogP contribution in [0.15, 0.2) is 71.9 Å². The molecule has 130 valence electrons. The molecular formula is C23H29NSi. The molecule has 0 radical (unpaired) electrons. The number of hydrogen-bond donors (Lipinski definition) is 0. The van der Waals surface area contributed by atoms with Crippen molar-refractivity contribution >= 4 is 13.3 Å². The Kier molecular flexibility index (Phi) is 4.21. The molecule has 2 heteroatoms. The highest BCUT2D eigenvalue weighted by Gasteiger charge is 2.52. The molecule has 2 heterocycles. The van der Waals surface area contributed by atoms with Crippen LogP contribution in [-0.2, 0) is 5.54 Å². The summed E-state index contributed by atoms with van der Waals surface area (Å²) >= 11 is 0. The van der Waals surface area contributed by atoms with E-state index < -0.39 is 8.07 Å². The number of benzene rings is 2. The van der Waals surface area contributed by atoms with Gasteiger partial charge in [-0.05, 0) is 36.4 Å². The molecule has 0 aliphatic carbocycles. The topological polar surface area (TPSA) is 3.24 Å². The van der Waals surface area contributed by atoms with E-state index in [1.165, 1.54) is 36.7 Å². The average molecular weight is 348 g/mol. The lowest BCUT2D eigenvalue weighted by Crippen LogP contribution is -2.42. The Labute approximate surface area is 153 Å². The van der Waals surface area contributed by atoms with Gasteiger partial charge in [-0.2, -0.15) is 0 Å². The zero-order valence-electron chi connectivity index (χ0n) is 15.7. The molecule has 2 aliphatic rings. The van der Waals surface area contributed by atoms with Gasteiger partial charge in [-0.25, -0.2) is 0 Å². The Morgan fingerprint density at radius 3 is 2.32 bits per heavy atom. The monoisotopic (exact) mass is 347 g/mol. The molecular weight excluding hydrogens is 318 g/mol. The molecule has 0 saturated carbocycles. The Morgan fingerprint density at radius 2 is 1.64 bits per heavy atom. The van der Waals surface area contributed by atoms with Crippen LogP contribution in [0.25, 0.3) is 0 Å². The summed E-state index contributed by atoms with van der Waals surface area (Å²) < 4.78 is 0. The van der Waals surface area contributed by atoms with Gasteiger partial charge < -0.3 is 0 Å². The first-order valence-corrected chi connectivity index (χ1v) is 12.7. The van der Waals surface area contributed by atoms with Gasteiger partial charge in [0.2, 0.25) is 0 Å². The second-order valence-electron chi connectivity index (χ2n) is 8.36. The highest BCUT2D eigenvalue weighted by Crippen LogP contribution is 2.52. The van der Waals surface area contributed by atoms with Crippen LogP contribution in [0.3, 0.4) is 0 Å². The fourth-order valence-corrected chi connectivity index (χ4v) is 7.61. The van der Waals surface area contributed by atoms with Crippen molar-refractivity contribution in [1.29, 1.82) is 0 Å². The van der Waals surface area contributed by atoms with Crippen LogP contribution in [-0.4, -0.2) is 26.1 Å². The highest BCUT2D eigenvalue weighted by molar-refractivity contribution is 6.94. The molecule has 1 nitrogen and oxygen atoms in total. The van der Waals surface area contributed by atoms with E-state index in [9.17, 15) is 0 Å². The molecule has 25 heavy (non-hydrogen) atoms. The van der Waals surface area contributed by atoms with Crippen LogP contribution in [0.2, 0.25) is 13.1 Å². The molecule has 2 fully saturated rings. The van der Waals surface area contributed by atoms with Gasteiger partial charge in [0.1, 0.15) is 8.07 Å². The third-order valence-corrected chi connectivity index (χ3v) is 9.15. The quantitative estimate of drug-likeness (QED) is 0.727. The van der Waals surface area contributed by atoms with Crippen molar-refractivity contribution in [3.8, 4) is 0 Å². The van der Waals surface area contributed by atoms with Crippen molar-refractivity contribution in [1.82, 2.24) is 4.90 Å². The van der Waals surface area contributed by atoms with Gasteiger partial charge in [0, 0.05) is 6.54 Å². The van der Waals surface area contributed by atoms with Crippen molar-refractivity contribution in [3.05, 3.63) is 77.5 Å². The van der Waals surface area contributed by atoms with Gasteiger partial charge in [-0.3, -0.25) is 4.90 Å². The van der Waals surface area contributed by atoms with Crippen LogP contribution < -0.4 is 5.19 Å². The maximum atomic E-state index is 2.76. The minimum absolute atomic E-state index is 0.153. The van der Waals surface area contributed by atoms with E-state index in [0.717, 1.165) is 0 Å². The lowest BCUT2D eigenvalue weighted by molar-refractivity contribution is 0.223. The fraction of sp³-hybridized carbons (Fsp3) is 0.391. The van der Waals surface area contributed by atoms with Crippen molar-refractivity contribution in [2.45, 2.75) is 38.4 Å². The standard InChI is InChI=1S/C23H29NSi/c1-19-17-24-16-10-15-23(24,20-11-6-4-7-12-20)22(19)18-25(2,3)21-13-8-5-9-14-21/h4-9,11-14,18-19H,10,15-17H2,1-3H3/b22-18+. The number of fused-ring (bicyclic) bond motifs is 1. The van der Waals surface area contributed by atoms with E-state index in [-0.39, 0.29) is 5.54 Å². The summed E-state index contributed by atoms with van der Waals surface area (Å²) in [5, 5.41) is 1.54. The predicted octanol–water partition coefficient (Wildman–Crippen LogP) is 4.71. The first-order valence-electron chi connectivity index (χ1n) is 9.63. The first-order chi connectivity index (χ1) is 12.0. The smallest absolute Gasteiger partial charge is 0.104 e. The third kappa shape index (κ3) is 2.72. The van der Waals surface area contributed by atoms with Crippen molar-refractivity contribution < 1.29 is 0 Å². The fourth-order valence-electron chi connectivity index (χ4n) is 5.09. The van der Waals surface area contributed by atoms with Gasteiger partial charge in [0.15, 0.2) is 0 Å². The summed E-state index contributed by atoms with van der Waals surface area (Å²) in [6, 6.07) is 22.4. The molecule has 2 aromatic rings. The zero-order chi connectivity index (χ0) is 17.5. The normalized spacial score (nSPS) is 28.4. The van der Waals surface area contributed by atoms with Crippen molar-refractivity contribution in [2.75, 3.05) is 13.1 Å². The molecule has 0 aromatic heterocycles. The lowest BCUT2D eigenvalue weighted by Gasteiger charge is -2.36. The minimum Gasteiger partial charge on any atom is -0.290 e. The van der Waals surface area contributed by atoms with Crippen LogP contribution in [0, 0.1) is 5.92 Å². The Bertz CT molecular complexity index is 765. The van der Waals surface area contributed by atoms with Crippen molar-refractivity contribution in [2.24, 2.45) is 5.92 Å². The molecule has 0 N–H and O–H groups in total. The first kappa shape index (κ1) is 16.8. The maximum Gasteiger partial charge on any atom is 0.104 e. The summed E-state index contributed by atoms with van der Waals surface area (Å²) in [6.07, 6.45) is 2.58. The summed E-state index contributed by atoms with van der Waals surface area (Å²) in [5.74, 6) is 0.649. The Hall–Kier alpha value is -1.64. The molecule has 0 spiro atoms. The van der Waals surface area contributed by atoms with E-state index in [1.807, 2.05) is 0 Å². The summed E-state index contributed by atoms with van der Waals surface area (Å²) in [4.78, 5) is 2.76. The molecule has 4 rings (SSSR count). The summed E-state index contributed by atoms with van der Waals surface area (Å²) in [5.41, 5.74) is 6.07. The Morgan fingerprint density at radius 1 is 1.00 bits per heavy atom. The van der Waals surface area contributed by atoms with E-state index in [2.05, 4.69) is 91.3 Å². The molecule has 0 amide bonds. The molecule has 2 aromatic carbocycles. The van der Waals surface area contributed by atoms with Gasteiger partial charge in [0.25, 0.3) is 0 Å². The summed E-state index contributed by atoms with van der Waals surface area (Å²) in [6.45, 7) is 9.88. The minimum atomic E-state index is -1.61. The van der Waals surface area contributed by atoms with Crippen LogP contribution in [0.4, 0.5) is 0 Å². The third-order valence-electron chi connectivity index (χ3n) is 6.29. The van der Waals surface area contributed by atoms with Gasteiger partial charge >= 0.3 is 0 Å². The second kappa shape index (κ2) is 6.26. The molecule has 2 atom stereocenters. The number of hydrogen-bond acceptors (Lipinski definition) is 1. The molecule has 2 unspecified atom stereocenters. The van der Waals surface area contributed by atoms with Crippen LogP contribution in [0.5, 0.6) is 0 Å². The SMILES string of the molecule is CC1CN2CCCC2(c2ccccc2)/C1=C/[Si](C)(C)c1ccccc1. The second-order valence-corrected chi connectivity index (χ2v) is 12.7. The number of rotatable bonds is 3. The van der Waals surface area contributed by atoms with Crippen LogP contribution in [0.1, 0.15) is 25.3 Å². The van der Waals surface area contributed by atoms with E-state index in [4.69, 9.17) is 0 Å². The van der Waals surface area contributed by atoms with E-state index in [1.54, 1.807) is 5.57 Å². The Balaban J connectivity index is 1.84. The zero-order valence-corrected chi connectivity index (χ0v) is 16.7. The molecule has 0 bridgehead atoms.